The molecular formula is C17H15BrN2O2. The largest absolute Gasteiger partial charge is 0.350 e. The minimum atomic E-state index is -0.709. The zero-order valence-corrected chi connectivity index (χ0v) is 13.5. The number of ether oxygens (including phenoxy) is 1. The number of hydrogen-bond donors (Lipinski definition) is 1. The molecule has 2 aliphatic heterocycles. The lowest BCUT2D eigenvalue weighted by atomic mass is 9.92. The van der Waals surface area contributed by atoms with E-state index in [0.717, 1.165) is 27.8 Å². The van der Waals surface area contributed by atoms with E-state index in [0.29, 0.717) is 13.2 Å². The van der Waals surface area contributed by atoms with E-state index in [-0.39, 0.29) is 5.91 Å². The fraction of sp³-hybridized carbons (Fsp3) is 0.235. The summed E-state index contributed by atoms with van der Waals surface area (Å²) in [4.78, 5) is 14.3. The maximum atomic E-state index is 12.2. The van der Waals surface area contributed by atoms with Crippen LogP contribution in [0.5, 0.6) is 0 Å². The summed E-state index contributed by atoms with van der Waals surface area (Å²) in [6.07, 6.45) is 0. The fourth-order valence-electron chi connectivity index (χ4n) is 3.35. The van der Waals surface area contributed by atoms with Gasteiger partial charge in [-0.25, -0.2) is 0 Å². The Bertz CT molecular complexity index is 735. The van der Waals surface area contributed by atoms with Crippen LogP contribution < -0.4 is 5.32 Å². The van der Waals surface area contributed by atoms with Crippen LogP contribution in [0.3, 0.4) is 0 Å². The van der Waals surface area contributed by atoms with Crippen molar-refractivity contribution in [3.8, 4) is 0 Å². The minimum Gasteiger partial charge on any atom is -0.350 e. The van der Waals surface area contributed by atoms with Crippen molar-refractivity contribution < 1.29 is 9.53 Å². The third-order valence-electron chi connectivity index (χ3n) is 4.24. The number of nitrogens with one attached hydrogen (secondary N) is 1. The zero-order valence-electron chi connectivity index (χ0n) is 11.9. The van der Waals surface area contributed by atoms with Crippen molar-refractivity contribution in [2.75, 3.05) is 25.0 Å². The van der Waals surface area contributed by atoms with Crippen LogP contribution >= 0.6 is 15.9 Å². The lowest BCUT2D eigenvalue weighted by Gasteiger charge is -2.36. The van der Waals surface area contributed by atoms with Crippen molar-refractivity contribution >= 4 is 27.5 Å². The third-order valence-corrected chi connectivity index (χ3v) is 4.73. The summed E-state index contributed by atoms with van der Waals surface area (Å²) in [5.74, 6) is -0.00752. The Kier molecular flexibility index (Phi) is 3.29. The molecule has 0 saturated carbocycles. The molecule has 112 valence electrons. The van der Waals surface area contributed by atoms with Gasteiger partial charge < -0.3 is 10.1 Å². The second-order valence-electron chi connectivity index (χ2n) is 5.52. The second-order valence-corrected chi connectivity index (χ2v) is 6.43. The molecule has 0 bridgehead atoms. The van der Waals surface area contributed by atoms with E-state index in [1.807, 2.05) is 36.4 Å². The van der Waals surface area contributed by atoms with Gasteiger partial charge in [0.2, 0.25) is 5.91 Å². The molecule has 2 aliphatic rings. The molecule has 2 aromatic carbocycles. The highest BCUT2D eigenvalue weighted by molar-refractivity contribution is 9.10. The molecule has 2 heterocycles. The predicted octanol–water partition coefficient (Wildman–Crippen LogP) is 2.93. The second kappa shape index (κ2) is 5.19. The highest BCUT2D eigenvalue weighted by Gasteiger charge is 2.49. The van der Waals surface area contributed by atoms with Crippen molar-refractivity contribution in [3.05, 3.63) is 64.1 Å². The summed E-state index contributed by atoms with van der Waals surface area (Å²) in [5.41, 5.74) is 2.11. The minimum absolute atomic E-state index is 0.00752. The van der Waals surface area contributed by atoms with Gasteiger partial charge in [-0.15, -0.1) is 0 Å². The molecule has 1 N–H and O–H groups in total. The molecule has 1 unspecified atom stereocenters. The van der Waals surface area contributed by atoms with Crippen LogP contribution in [0.25, 0.3) is 0 Å². The van der Waals surface area contributed by atoms with Gasteiger partial charge in [0.05, 0.1) is 13.2 Å². The average Bonchev–Trinajstić information content (AvgIpc) is 2.89. The molecule has 0 aliphatic carbocycles. The van der Waals surface area contributed by atoms with E-state index >= 15 is 0 Å². The molecule has 1 saturated heterocycles. The molecule has 0 aromatic heterocycles. The van der Waals surface area contributed by atoms with Gasteiger partial charge in [0.25, 0.3) is 0 Å². The molecule has 1 amide bonds. The van der Waals surface area contributed by atoms with Crippen LogP contribution in [0.4, 0.5) is 5.69 Å². The highest BCUT2D eigenvalue weighted by Crippen LogP contribution is 2.45. The Morgan fingerprint density at radius 1 is 1.18 bits per heavy atom. The summed E-state index contributed by atoms with van der Waals surface area (Å²) in [7, 11) is 0. The maximum Gasteiger partial charge on any atom is 0.238 e. The van der Waals surface area contributed by atoms with Gasteiger partial charge in [-0.05, 0) is 18.2 Å². The summed E-state index contributed by atoms with van der Waals surface area (Å²) >= 11 is 3.54. The molecule has 2 aromatic rings. The number of amides is 1. The molecule has 5 heteroatoms. The van der Waals surface area contributed by atoms with Gasteiger partial charge in [0.15, 0.2) is 5.72 Å². The zero-order chi connectivity index (χ0) is 15.2. The first kappa shape index (κ1) is 13.9. The normalized spacial score (nSPS) is 24.3. The Morgan fingerprint density at radius 2 is 2.00 bits per heavy atom. The Morgan fingerprint density at radius 3 is 2.82 bits per heavy atom. The molecule has 4 rings (SSSR count). The lowest BCUT2D eigenvalue weighted by molar-refractivity contribution is -0.120. The van der Waals surface area contributed by atoms with Crippen molar-refractivity contribution in [2.24, 2.45) is 0 Å². The first-order chi connectivity index (χ1) is 10.7. The van der Waals surface area contributed by atoms with Gasteiger partial charge in [-0.3, -0.25) is 9.69 Å². The summed E-state index contributed by atoms with van der Waals surface area (Å²) < 4.78 is 7.22. The van der Waals surface area contributed by atoms with E-state index in [1.54, 1.807) is 0 Å². The number of rotatable bonds is 1. The van der Waals surface area contributed by atoms with E-state index in [4.69, 9.17) is 4.74 Å². The predicted molar refractivity (Wildman–Crippen MR) is 87.5 cm³/mol. The number of anilines is 1. The van der Waals surface area contributed by atoms with Crippen LogP contribution in [0.2, 0.25) is 0 Å². The summed E-state index contributed by atoms with van der Waals surface area (Å²) in [5, 5.41) is 2.99. The monoisotopic (exact) mass is 358 g/mol. The third kappa shape index (κ3) is 2.00. The molecular weight excluding hydrogens is 344 g/mol. The smallest absolute Gasteiger partial charge is 0.238 e. The molecule has 1 fully saturated rings. The standard InChI is InChI=1S/C17H15BrN2O2/c18-13-6-7-15-14(10-13)17(12-4-2-1-3-5-12)20(8-9-22-17)11-16(21)19-15/h1-7,10H,8-9,11H2,(H,19,21). The SMILES string of the molecule is O=C1CN2CCOC2(c2ccccc2)c2cc(Br)ccc2N1. The molecule has 0 spiro atoms. The maximum absolute atomic E-state index is 12.2. The highest BCUT2D eigenvalue weighted by atomic mass is 79.9. The number of hydrogen-bond acceptors (Lipinski definition) is 3. The van der Waals surface area contributed by atoms with E-state index in [1.165, 1.54) is 0 Å². The van der Waals surface area contributed by atoms with Crippen LogP contribution in [-0.2, 0) is 15.3 Å². The van der Waals surface area contributed by atoms with Gasteiger partial charge >= 0.3 is 0 Å². The topological polar surface area (TPSA) is 41.6 Å². The Labute approximate surface area is 137 Å². The van der Waals surface area contributed by atoms with E-state index in [2.05, 4.69) is 38.3 Å². The van der Waals surface area contributed by atoms with Crippen molar-refractivity contribution in [2.45, 2.75) is 5.72 Å². The van der Waals surface area contributed by atoms with E-state index in [9.17, 15) is 4.79 Å². The molecule has 0 radical (unpaired) electrons. The number of carbonyl (C=O) groups excluding carboxylic acids is 1. The number of nitrogens with zero attached hydrogens (tertiary/aromatic N) is 1. The van der Waals surface area contributed by atoms with E-state index < -0.39 is 5.72 Å². The summed E-state index contributed by atoms with van der Waals surface area (Å²) in [6.45, 7) is 1.66. The first-order valence-electron chi connectivity index (χ1n) is 7.24. The van der Waals surface area contributed by atoms with Crippen molar-refractivity contribution in [3.63, 3.8) is 0 Å². The molecule has 4 nitrogen and oxygen atoms in total. The number of fused-ring (bicyclic) bond motifs is 3. The van der Waals surface area contributed by atoms with Gasteiger partial charge in [0, 0.05) is 27.8 Å². The number of halogens is 1. The summed E-state index contributed by atoms with van der Waals surface area (Å²) in [6, 6.07) is 16.0. The van der Waals surface area contributed by atoms with Crippen LogP contribution in [-0.4, -0.2) is 30.5 Å². The van der Waals surface area contributed by atoms with Gasteiger partial charge in [-0.2, -0.15) is 0 Å². The quantitative estimate of drug-likeness (QED) is 0.851. The lowest BCUT2D eigenvalue weighted by Crippen LogP contribution is -2.44. The first-order valence-corrected chi connectivity index (χ1v) is 8.04. The van der Waals surface area contributed by atoms with Crippen LogP contribution in [0, 0.1) is 0 Å². The Hall–Kier alpha value is -1.69. The number of benzene rings is 2. The fourth-order valence-corrected chi connectivity index (χ4v) is 3.71. The van der Waals surface area contributed by atoms with Crippen LogP contribution in [0.15, 0.2) is 53.0 Å². The van der Waals surface area contributed by atoms with Crippen LogP contribution in [0.1, 0.15) is 11.1 Å². The average molecular weight is 359 g/mol. The number of carbonyl (C=O) groups is 1. The Balaban J connectivity index is 2.01. The molecule has 22 heavy (non-hydrogen) atoms. The van der Waals surface area contributed by atoms with Crippen molar-refractivity contribution in [1.82, 2.24) is 4.90 Å². The van der Waals surface area contributed by atoms with Gasteiger partial charge in [-0.1, -0.05) is 46.3 Å². The molecule has 1 atom stereocenters. The van der Waals surface area contributed by atoms with Gasteiger partial charge in [0.1, 0.15) is 0 Å². The van der Waals surface area contributed by atoms with Crippen molar-refractivity contribution in [1.29, 1.82) is 0 Å².